The third-order valence-electron chi connectivity index (χ3n) is 3.09. The average molecular weight is 351 g/mol. The van der Waals surface area contributed by atoms with Crippen LogP contribution in [0.25, 0.3) is 0 Å². The van der Waals surface area contributed by atoms with E-state index in [1.54, 1.807) is 24.4 Å². The molecule has 0 bridgehead atoms. The van der Waals surface area contributed by atoms with Gasteiger partial charge in [-0.3, -0.25) is 4.79 Å². The van der Waals surface area contributed by atoms with Crippen molar-refractivity contribution in [2.45, 2.75) is 12.8 Å². The zero-order valence-corrected chi connectivity index (χ0v) is 14.3. The van der Waals surface area contributed by atoms with Crippen LogP contribution in [0.4, 0.5) is 0 Å². The summed E-state index contributed by atoms with van der Waals surface area (Å²) in [4.78, 5) is 36.5. The molecular formula is C16H17NO6S. The minimum Gasteiger partial charge on any atom is -0.466 e. The Morgan fingerprint density at radius 2 is 2.04 bits per heavy atom. The molecule has 8 heteroatoms. The molecule has 0 N–H and O–H groups in total. The lowest BCUT2D eigenvalue weighted by atomic mass is 9.84. The highest BCUT2D eigenvalue weighted by Gasteiger charge is 2.38. The molecule has 2 atom stereocenters. The fourth-order valence-corrected chi connectivity index (χ4v) is 2.92. The molecule has 0 fully saturated rings. The molecule has 0 aliphatic heterocycles. The molecule has 1 rings (SSSR count). The Labute approximate surface area is 143 Å². The molecular weight excluding hydrogens is 334 g/mol. The second-order valence-corrected chi connectivity index (χ2v) is 5.45. The number of carbonyl (C=O) groups excluding carboxylic acids is 3. The van der Waals surface area contributed by atoms with Crippen molar-refractivity contribution >= 4 is 29.2 Å². The van der Waals surface area contributed by atoms with E-state index in [4.69, 9.17) is 9.47 Å². The van der Waals surface area contributed by atoms with Gasteiger partial charge in [-0.1, -0.05) is 6.07 Å². The monoisotopic (exact) mass is 351 g/mol. The van der Waals surface area contributed by atoms with Crippen LogP contribution in [0.15, 0.2) is 29.2 Å². The normalized spacial score (nSPS) is 13.3. The van der Waals surface area contributed by atoms with Gasteiger partial charge in [0, 0.05) is 11.0 Å². The molecule has 0 radical (unpaired) electrons. The lowest BCUT2D eigenvalue weighted by Crippen LogP contribution is -2.28. The molecule has 128 valence electrons. The van der Waals surface area contributed by atoms with E-state index in [9.17, 15) is 19.6 Å². The van der Waals surface area contributed by atoms with Crippen molar-refractivity contribution in [3.8, 4) is 6.07 Å². The topological polar surface area (TPSA) is 103 Å². The van der Waals surface area contributed by atoms with Gasteiger partial charge in [-0.15, -0.1) is 11.3 Å². The van der Waals surface area contributed by atoms with E-state index in [-0.39, 0.29) is 12.2 Å². The third kappa shape index (κ3) is 4.67. The number of nitriles is 1. The fourth-order valence-electron chi connectivity index (χ4n) is 2.04. The van der Waals surface area contributed by atoms with Gasteiger partial charge in [0.15, 0.2) is 5.92 Å². The number of esters is 3. The van der Waals surface area contributed by atoms with Gasteiger partial charge in [0.1, 0.15) is 0 Å². The van der Waals surface area contributed by atoms with E-state index in [0.717, 1.165) is 20.3 Å². The first kappa shape index (κ1) is 19.4. The van der Waals surface area contributed by atoms with E-state index < -0.39 is 29.7 Å². The molecule has 7 nitrogen and oxygen atoms in total. The maximum atomic E-state index is 12.1. The van der Waals surface area contributed by atoms with Crippen LogP contribution in [0, 0.1) is 17.2 Å². The SMILES string of the molecule is CCOC(=O)C(C#N)C(/C(=C\C(=O)OC)C(=O)OC)c1cccs1. The van der Waals surface area contributed by atoms with Crippen molar-refractivity contribution in [2.75, 3.05) is 20.8 Å². The van der Waals surface area contributed by atoms with Gasteiger partial charge < -0.3 is 14.2 Å². The summed E-state index contributed by atoms with van der Waals surface area (Å²) in [5.41, 5.74) is -0.147. The minimum atomic E-state index is -1.31. The Bertz CT molecular complexity index is 659. The van der Waals surface area contributed by atoms with Gasteiger partial charge in [-0.2, -0.15) is 5.26 Å². The largest absolute Gasteiger partial charge is 0.466 e. The summed E-state index contributed by atoms with van der Waals surface area (Å²) < 4.78 is 14.2. The molecule has 0 aromatic carbocycles. The molecule has 0 aliphatic rings. The number of rotatable bonds is 7. The summed E-state index contributed by atoms with van der Waals surface area (Å²) in [6, 6.07) is 5.22. The molecule has 1 aromatic heterocycles. The zero-order valence-electron chi connectivity index (χ0n) is 13.5. The number of nitrogens with zero attached hydrogens (tertiary/aromatic N) is 1. The van der Waals surface area contributed by atoms with Crippen LogP contribution < -0.4 is 0 Å². The van der Waals surface area contributed by atoms with Gasteiger partial charge >= 0.3 is 17.9 Å². The van der Waals surface area contributed by atoms with Crippen molar-refractivity contribution in [1.82, 2.24) is 0 Å². The van der Waals surface area contributed by atoms with E-state index in [1.807, 2.05) is 6.07 Å². The maximum absolute atomic E-state index is 12.1. The predicted octanol–water partition coefficient (Wildman–Crippen LogP) is 1.81. The molecule has 0 saturated carbocycles. The highest BCUT2D eigenvalue weighted by Crippen LogP contribution is 2.36. The summed E-state index contributed by atoms with van der Waals surface area (Å²) in [5.74, 6) is -4.71. The molecule has 1 heterocycles. The van der Waals surface area contributed by atoms with Gasteiger partial charge in [0.2, 0.25) is 0 Å². The predicted molar refractivity (Wildman–Crippen MR) is 84.9 cm³/mol. The first-order valence-corrected chi connectivity index (χ1v) is 7.85. The molecule has 0 saturated heterocycles. The number of thiophene rings is 1. The molecule has 0 spiro atoms. The number of ether oxygens (including phenoxy) is 3. The Morgan fingerprint density at radius 1 is 1.33 bits per heavy atom. The van der Waals surface area contributed by atoms with E-state index in [0.29, 0.717) is 4.88 Å². The van der Waals surface area contributed by atoms with Gasteiger partial charge in [0.05, 0.1) is 38.4 Å². The van der Waals surface area contributed by atoms with Crippen LogP contribution in [0.3, 0.4) is 0 Å². The summed E-state index contributed by atoms with van der Waals surface area (Å²) in [6.45, 7) is 1.69. The standard InChI is InChI=1S/C16H17NO6S/c1-4-23-16(20)11(9-17)14(12-6-5-7-24-12)10(15(19)22-3)8-13(18)21-2/h5-8,11,14H,4H2,1-3H3/b10-8+. The number of methoxy groups -OCH3 is 2. The molecule has 0 amide bonds. The molecule has 0 aliphatic carbocycles. The number of hydrogen-bond donors (Lipinski definition) is 0. The van der Waals surface area contributed by atoms with Crippen LogP contribution in [-0.4, -0.2) is 38.7 Å². The third-order valence-corrected chi connectivity index (χ3v) is 4.05. The minimum absolute atomic E-state index is 0.0858. The van der Waals surface area contributed by atoms with Gasteiger partial charge in [-0.05, 0) is 18.4 Å². The van der Waals surface area contributed by atoms with E-state index in [2.05, 4.69) is 4.74 Å². The maximum Gasteiger partial charge on any atom is 0.334 e. The Hall–Kier alpha value is -2.66. The van der Waals surface area contributed by atoms with Crippen LogP contribution in [0.5, 0.6) is 0 Å². The van der Waals surface area contributed by atoms with Gasteiger partial charge in [-0.25, -0.2) is 9.59 Å². The molecule has 1 aromatic rings. The summed E-state index contributed by atoms with van der Waals surface area (Å²) in [6.07, 6.45) is 0.930. The van der Waals surface area contributed by atoms with Gasteiger partial charge in [0.25, 0.3) is 0 Å². The second kappa shape index (κ2) is 9.47. The summed E-state index contributed by atoms with van der Waals surface area (Å²) in [7, 11) is 2.30. The molecule has 2 unspecified atom stereocenters. The van der Waals surface area contributed by atoms with Crippen LogP contribution in [-0.2, 0) is 28.6 Å². The highest BCUT2D eigenvalue weighted by atomic mass is 32.1. The van der Waals surface area contributed by atoms with Crippen molar-refractivity contribution < 1.29 is 28.6 Å². The molecule has 24 heavy (non-hydrogen) atoms. The van der Waals surface area contributed by atoms with Crippen molar-refractivity contribution in [2.24, 2.45) is 5.92 Å². The van der Waals surface area contributed by atoms with Crippen LogP contribution in [0.2, 0.25) is 0 Å². The second-order valence-electron chi connectivity index (χ2n) is 4.47. The van der Waals surface area contributed by atoms with Crippen molar-refractivity contribution in [1.29, 1.82) is 5.26 Å². The highest BCUT2D eigenvalue weighted by molar-refractivity contribution is 7.10. The number of carbonyl (C=O) groups is 3. The number of hydrogen-bond acceptors (Lipinski definition) is 8. The van der Waals surface area contributed by atoms with E-state index in [1.165, 1.54) is 11.3 Å². The first-order chi connectivity index (χ1) is 11.5. The zero-order chi connectivity index (χ0) is 18.1. The van der Waals surface area contributed by atoms with Crippen molar-refractivity contribution in [3.63, 3.8) is 0 Å². The Morgan fingerprint density at radius 3 is 2.50 bits per heavy atom. The quantitative estimate of drug-likeness (QED) is 0.419. The Kier molecular flexibility index (Phi) is 7.65. The average Bonchev–Trinajstić information content (AvgIpc) is 3.11. The summed E-state index contributed by atoms with van der Waals surface area (Å²) in [5, 5.41) is 11.2. The van der Waals surface area contributed by atoms with Crippen molar-refractivity contribution in [3.05, 3.63) is 34.0 Å². The van der Waals surface area contributed by atoms with Crippen LogP contribution in [0.1, 0.15) is 17.7 Å². The van der Waals surface area contributed by atoms with E-state index >= 15 is 0 Å². The smallest absolute Gasteiger partial charge is 0.334 e. The lowest BCUT2D eigenvalue weighted by Gasteiger charge is -2.21. The van der Waals surface area contributed by atoms with Crippen LogP contribution >= 0.6 is 11.3 Å². The first-order valence-electron chi connectivity index (χ1n) is 6.97. The summed E-state index contributed by atoms with van der Waals surface area (Å²) >= 11 is 1.24. The fraction of sp³-hybridized carbons (Fsp3) is 0.375. The Balaban J connectivity index is 3.47. The lowest BCUT2D eigenvalue weighted by molar-refractivity contribution is -0.146.